The van der Waals surface area contributed by atoms with Gasteiger partial charge in [0.05, 0.1) is 10.0 Å². The van der Waals surface area contributed by atoms with Crippen LogP contribution >= 0.6 is 23.2 Å². The second-order valence-corrected chi connectivity index (χ2v) is 6.55. The predicted octanol–water partition coefficient (Wildman–Crippen LogP) is 1.92. The standard InChI is InChI=1S/C11H10Cl2N4O3S/c1-5-2-3-6(12)10(9(5)13)21(19,20)17-8-4-7(11(14)18)15-16-8/h2-4H,1H3,(H2,14,18)(H2,15,16,17). The summed E-state index contributed by atoms with van der Waals surface area (Å²) in [5.41, 5.74) is 5.56. The van der Waals surface area contributed by atoms with Crippen LogP contribution in [0.2, 0.25) is 10.0 Å². The number of aromatic nitrogens is 2. The number of nitrogens with zero attached hydrogens (tertiary/aromatic N) is 1. The minimum atomic E-state index is -4.06. The molecule has 0 aliphatic rings. The molecular weight excluding hydrogens is 339 g/mol. The smallest absolute Gasteiger partial charge is 0.266 e. The van der Waals surface area contributed by atoms with Crippen molar-refractivity contribution in [2.24, 2.45) is 5.73 Å². The van der Waals surface area contributed by atoms with E-state index in [2.05, 4.69) is 14.9 Å². The zero-order chi connectivity index (χ0) is 15.8. The number of carbonyl (C=O) groups excluding carboxylic acids is 1. The van der Waals surface area contributed by atoms with Crippen LogP contribution in [0.1, 0.15) is 16.1 Å². The van der Waals surface area contributed by atoms with Gasteiger partial charge in [-0.3, -0.25) is 14.6 Å². The van der Waals surface area contributed by atoms with Crippen molar-refractivity contribution in [3.05, 3.63) is 39.5 Å². The Bertz CT molecular complexity index is 817. The second kappa shape index (κ2) is 5.55. The quantitative estimate of drug-likeness (QED) is 0.781. The van der Waals surface area contributed by atoms with E-state index >= 15 is 0 Å². The number of nitrogens with one attached hydrogen (secondary N) is 2. The van der Waals surface area contributed by atoms with E-state index in [9.17, 15) is 13.2 Å². The van der Waals surface area contributed by atoms with E-state index in [1.807, 2.05) is 0 Å². The summed E-state index contributed by atoms with van der Waals surface area (Å²) in [5.74, 6) is -0.864. The van der Waals surface area contributed by atoms with Gasteiger partial charge in [-0.1, -0.05) is 29.3 Å². The summed E-state index contributed by atoms with van der Waals surface area (Å²) in [6.07, 6.45) is 0. The Kier molecular flexibility index (Phi) is 4.13. The number of rotatable bonds is 4. The van der Waals surface area contributed by atoms with Crippen LogP contribution in [0.3, 0.4) is 0 Å². The Morgan fingerprint density at radius 3 is 2.62 bits per heavy atom. The van der Waals surface area contributed by atoms with E-state index in [0.717, 1.165) is 6.07 Å². The molecule has 112 valence electrons. The van der Waals surface area contributed by atoms with Gasteiger partial charge in [0.15, 0.2) is 5.82 Å². The van der Waals surface area contributed by atoms with Crippen LogP contribution in [0.15, 0.2) is 23.1 Å². The normalized spacial score (nSPS) is 11.4. The molecule has 0 bridgehead atoms. The lowest BCUT2D eigenvalue weighted by Crippen LogP contribution is -2.15. The molecule has 4 N–H and O–H groups in total. The first-order valence-corrected chi connectivity index (χ1v) is 7.79. The Balaban J connectivity index is 2.43. The molecule has 1 amide bonds. The van der Waals surface area contributed by atoms with Gasteiger partial charge in [-0.15, -0.1) is 0 Å². The van der Waals surface area contributed by atoms with Crippen molar-refractivity contribution >= 4 is 45.0 Å². The highest BCUT2D eigenvalue weighted by atomic mass is 35.5. The maximum absolute atomic E-state index is 12.3. The van der Waals surface area contributed by atoms with Gasteiger partial charge in [0.25, 0.3) is 15.9 Å². The molecule has 0 saturated carbocycles. The van der Waals surface area contributed by atoms with E-state index < -0.39 is 15.9 Å². The molecule has 0 radical (unpaired) electrons. The first kappa shape index (κ1) is 15.6. The van der Waals surface area contributed by atoms with Crippen molar-refractivity contribution in [1.29, 1.82) is 0 Å². The first-order valence-electron chi connectivity index (χ1n) is 5.55. The van der Waals surface area contributed by atoms with Crippen LogP contribution in [0.5, 0.6) is 0 Å². The summed E-state index contributed by atoms with van der Waals surface area (Å²) in [7, 11) is -4.06. The minimum Gasteiger partial charge on any atom is -0.364 e. The fourth-order valence-electron chi connectivity index (χ4n) is 1.57. The van der Waals surface area contributed by atoms with Gasteiger partial charge in [-0.25, -0.2) is 8.42 Å². The van der Waals surface area contributed by atoms with Gasteiger partial charge in [0.1, 0.15) is 10.6 Å². The SMILES string of the molecule is Cc1ccc(Cl)c(S(=O)(=O)Nc2cc(C(N)=O)[nH]n2)c1Cl. The first-order chi connectivity index (χ1) is 9.72. The van der Waals surface area contributed by atoms with Crippen molar-refractivity contribution < 1.29 is 13.2 Å². The molecule has 2 aromatic rings. The Labute approximate surface area is 130 Å². The number of hydrogen-bond donors (Lipinski definition) is 3. The van der Waals surface area contributed by atoms with Crippen molar-refractivity contribution in [2.75, 3.05) is 4.72 Å². The van der Waals surface area contributed by atoms with Crippen LogP contribution in [0.4, 0.5) is 5.82 Å². The lowest BCUT2D eigenvalue weighted by atomic mass is 10.2. The summed E-state index contributed by atoms with van der Waals surface area (Å²) < 4.78 is 26.8. The lowest BCUT2D eigenvalue weighted by Gasteiger charge is -2.10. The third kappa shape index (κ3) is 3.12. The molecule has 10 heteroatoms. The summed E-state index contributed by atoms with van der Waals surface area (Å²) in [4.78, 5) is 10.7. The highest BCUT2D eigenvalue weighted by Crippen LogP contribution is 2.32. The molecule has 0 aliphatic carbocycles. The molecule has 21 heavy (non-hydrogen) atoms. The van der Waals surface area contributed by atoms with Crippen LogP contribution in [0.25, 0.3) is 0 Å². The fraction of sp³-hybridized carbons (Fsp3) is 0.0909. The molecule has 0 fully saturated rings. The molecule has 0 atom stereocenters. The highest BCUT2D eigenvalue weighted by molar-refractivity contribution is 7.93. The molecule has 1 aromatic heterocycles. The molecule has 0 unspecified atom stereocenters. The third-order valence-electron chi connectivity index (χ3n) is 2.59. The average Bonchev–Trinajstić information content (AvgIpc) is 2.82. The van der Waals surface area contributed by atoms with Crippen molar-refractivity contribution in [3.8, 4) is 0 Å². The van der Waals surface area contributed by atoms with Gasteiger partial charge in [0.2, 0.25) is 0 Å². The van der Waals surface area contributed by atoms with E-state index in [0.29, 0.717) is 5.56 Å². The van der Waals surface area contributed by atoms with E-state index in [-0.39, 0.29) is 26.5 Å². The maximum Gasteiger partial charge on any atom is 0.266 e. The summed E-state index contributed by atoms with van der Waals surface area (Å²) in [5, 5.41) is 5.92. The number of H-pyrrole nitrogens is 1. The number of carbonyl (C=O) groups is 1. The number of primary amides is 1. The maximum atomic E-state index is 12.3. The third-order valence-corrected chi connectivity index (χ3v) is 5.06. The number of anilines is 1. The van der Waals surface area contributed by atoms with Crippen LogP contribution in [-0.4, -0.2) is 24.5 Å². The number of nitrogens with two attached hydrogens (primary N) is 1. The van der Waals surface area contributed by atoms with Crippen LogP contribution in [-0.2, 0) is 10.0 Å². The Hall–Kier alpha value is -1.77. The van der Waals surface area contributed by atoms with Crippen LogP contribution in [0, 0.1) is 6.92 Å². The molecule has 1 heterocycles. The van der Waals surface area contributed by atoms with Crippen LogP contribution < -0.4 is 10.5 Å². The largest absolute Gasteiger partial charge is 0.364 e. The monoisotopic (exact) mass is 348 g/mol. The number of aromatic amines is 1. The van der Waals surface area contributed by atoms with Crippen molar-refractivity contribution in [3.63, 3.8) is 0 Å². The fourth-order valence-corrected chi connectivity index (χ4v) is 3.75. The van der Waals surface area contributed by atoms with Gasteiger partial charge < -0.3 is 5.73 Å². The summed E-state index contributed by atoms with van der Waals surface area (Å²) in [6, 6.07) is 4.19. The van der Waals surface area contributed by atoms with E-state index in [4.69, 9.17) is 28.9 Å². The van der Waals surface area contributed by atoms with E-state index in [1.54, 1.807) is 13.0 Å². The van der Waals surface area contributed by atoms with Crippen molar-refractivity contribution in [2.45, 2.75) is 11.8 Å². The minimum absolute atomic E-state index is 0.0145. The number of halogens is 2. The van der Waals surface area contributed by atoms with Gasteiger partial charge in [-0.05, 0) is 18.6 Å². The molecule has 0 spiro atoms. The number of hydrogen-bond acceptors (Lipinski definition) is 4. The number of benzene rings is 1. The molecule has 2 rings (SSSR count). The Morgan fingerprint density at radius 2 is 2.05 bits per heavy atom. The zero-order valence-corrected chi connectivity index (χ0v) is 13.0. The van der Waals surface area contributed by atoms with Gasteiger partial charge in [0, 0.05) is 6.07 Å². The summed E-state index contributed by atoms with van der Waals surface area (Å²) >= 11 is 11.9. The topological polar surface area (TPSA) is 118 Å². The number of amides is 1. The highest BCUT2D eigenvalue weighted by Gasteiger charge is 2.24. The number of aryl methyl sites for hydroxylation is 1. The average molecular weight is 349 g/mol. The second-order valence-electron chi connectivity index (χ2n) is 4.14. The molecule has 0 saturated heterocycles. The molecular formula is C11H10Cl2N4O3S. The molecule has 0 aliphatic heterocycles. The molecule has 1 aromatic carbocycles. The number of sulfonamides is 1. The lowest BCUT2D eigenvalue weighted by molar-refractivity contribution is 0.0995. The predicted molar refractivity (Wildman–Crippen MR) is 79.1 cm³/mol. The summed E-state index contributed by atoms with van der Waals surface area (Å²) in [6.45, 7) is 1.65. The van der Waals surface area contributed by atoms with E-state index in [1.165, 1.54) is 6.07 Å². The molecule has 7 nitrogen and oxygen atoms in total. The van der Waals surface area contributed by atoms with Gasteiger partial charge in [-0.2, -0.15) is 5.10 Å². The van der Waals surface area contributed by atoms with Crippen molar-refractivity contribution in [1.82, 2.24) is 10.2 Å². The Morgan fingerprint density at radius 1 is 1.38 bits per heavy atom. The van der Waals surface area contributed by atoms with Gasteiger partial charge >= 0.3 is 0 Å². The zero-order valence-electron chi connectivity index (χ0n) is 10.6.